The highest BCUT2D eigenvalue weighted by Gasteiger charge is 2.26. The minimum atomic E-state index is -0.589. The van der Waals surface area contributed by atoms with Gasteiger partial charge in [0.05, 0.1) is 24.2 Å². The van der Waals surface area contributed by atoms with Gasteiger partial charge in [0.25, 0.3) is 0 Å². The number of aromatic nitrogens is 2. The number of hydrogen-bond acceptors (Lipinski definition) is 9. The largest absolute Gasteiger partial charge is 0.462 e. The second-order valence-corrected chi connectivity index (χ2v) is 9.49. The predicted molar refractivity (Wildman–Crippen MR) is 136 cm³/mol. The highest BCUT2D eigenvalue weighted by molar-refractivity contribution is 7.17. The topological polar surface area (TPSA) is 90.4 Å². The number of hydrogen-bond donors (Lipinski definition) is 1. The first-order chi connectivity index (χ1) is 16.4. The molecule has 0 atom stereocenters. The Morgan fingerprint density at radius 3 is 2.35 bits per heavy atom. The lowest BCUT2D eigenvalue weighted by Crippen LogP contribution is -2.13. The van der Waals surface area contributed by atoms with E-state index in [1.54, 1.807) is 19.2 Å². The van der Waals surface area contributed by atoms with Crippen LogP contribution >= 0.6 is 22.7 Å². The van der Waals surface area contributed by atoms with E-state index in [4.69, 9.17) is 9.47 Å². The molecule has 0 aliphatic rings. The highest BCUT2D eigenvalue weighted by Crippen LogP contribution is 2.40. The fraction of sp³-hybridized carbons (Fsp3) is 0.280. The van der Waals surface area contributed by atoms with Gasteiger partial charge in [0.1, 0.15) is 27.5 Å². The number of ether oxygens (including phenoxy) is 2. The van der Waals surface area contributed by atoms with Crippen LogP contribution in [0, 0.1) is 0 Å². The number of carbonyl (C=O) groups is 2. The lowest BCUT2D eigenvalue weighted by atomic mass is 9.99. The summed E-state index contributed by atoms with van der Waals surface area (Å²) in [5, 5.41) is 8.24. The number of anilines is 2. The van der Waals surface area contributed by atoms with Crippen LogP contribution in [-0.4, -0.2) is 35.1 Å². The van der Waals surface area contributed by atoms with Crippen molar-refractivity contribution in [1.29, 1.82) is 0 Å². The summed E-state index contributed by atoms with van der Waals surface area (Å²) >= 11 is 2.75. The van der Waals surface area contributed by atoms with Crippen molar-refractivity contribution in [2.45, 2.75) is 33.6 Å². The first kappa shape index (κ1) is 23.8. The summed E-state index contributed by atoms with van der Waals surface area (Å²) in [6.45, 7) is 8.17. The third kappa shape index (κ3) is 4.67. The smallest absolute Gasteiger partial charge is 0.342 e. The van der Waals surface area contributed by atoms with E-state index < -0.39 is 11.9 Å². The molecule has 4 rings (SSSR count). The van der Waals surface area contributed by atoms with Crippen LogP contribution in [0.2, 0.25) is 0 Å². The maximum Gasteiger partial charge on any atom is 0.342 e. The number of fused-ring (bicyclic) bond motifs is 1. The Bertz CT molecular complexity index is 1330. The molecule has 3 aromatic heterocycles. The molecule has 4 aromatic rings. The molecule has 7 nitrogen and oxygen atoms in total. The van der Waals surface area contributed by atoms with Crippen LogP contribution in [0.5, 0.6) is 0 Å². The van der Waals surface area contributed by atoms with Crippen molar-refractivity contribution >= 4 is 55.6 Å². The van der Waals surface area contributed by atoms with Crippen molar-refractivity contribution in [1.82, 2.24) is 9.97 Å². The molecule has 176 valence electrons. The second kappa shape index (κ2) is 10.3. The molecule has 0 aliphatic heterocycles. The Morgan fingerprint density at radius 1 is 0.971 bits per heavy atom. The van der Waals surface area contributed by atoms with Crippen molar-refractivity contribution in [3.63, 3.8) is 0 Å². The summed E-state index contributed by atoms with van der Waals surface area (Å²) in [5.74, 6) is -0.155. The maximum absolute atomic E-state index is 12.7. The molecule has 0 radical (unpaired) electrons. The fourth-order valence-corrected chi connectivity index (χ4v) is 5.38. The summed E-state index contributed by atoms with van der Waals surface area (Å²) in [6, 6.07) is 8.46. The number of thiophene rings is 2. The lowest BCUT2D eigenvalue weighted by molar-refractivity contribution is 0.0481. The number of carbonyl (C=O) groups excluding carboxylic acids is 2. The summed E-state index contributed by atoms with van der Waals surface area (Å²) in [6.07, 6.45) is 1.48. The van der Waals surface area contributed by atoms with E-state index in [0.29, 0.717) is 16.7 Å². The zero-order chi connectivity index (χ0) is 24.2. The Morgan fingerprint density at radius 2 is 1.68 bits per heavy atom. The van der Waals surface area contributed by atoms with Crippen molar-refractivity contribution in [2.75, 3.05) is 18.5 Å². The molecule has 0 unspecified atom stereocenters. The number of esters is 2. The molecule has 1 N–H and O–H groups in total. The van der Waals surface area contributed by atoms with Gasteiger partial charge in [-0.3, -0.25) is 0 Å². The van der Waals surface area contributed by atoms with Crippen molar-refractivity contribution in [2.24, 2.45) is 0 Å². The summed E-state index contributed by atoms with van der Waals surface area (Å²) in [7, 11) is 0. The van der Waals surface area contributed by atoms with E-state index in [-0.39, 0.29) is 24.3 Å². The Balaban J connectivity index is 1.78. The van der Waals surface area contributed by atoms with E-state index in [9.17, 15) is 9.59 Å². The Hall–Kier alpha value is -3.30. The number of nitrogens with one attached hydrogen (secondary N) is 1. The quantitative estimate of drug-likeness (QED) is 0.274. The minimum Gasteiger partial charge on any atom is -0.462 e. The minimum absolute atomic E-state index is 0.148. The summed E-state index contributed by atoms with van der Waals surface area (Å²) < 4.78 is 10.3. The molecule has 0 amide bonds. The van der Waals surface area contributed by atoms with Crippen molar-refractivity contribution in [3.8, 4) is 11.1 Å². The number of benzene rings is 1. The molecule has 3 heterocycles. The average molecular weight is 496 g/mol. The van der Waals surface area contributed by atoms with Gasteiger partial charge < -0.3 is 14.8 Å². The first-order valence-corrected chi connectivity index (χ1v) is 12.8. The van der Waals surface area contributed by atoms with Crippen LogP contribution in [0.15, 0.2) is 41.4 Å². The molecule has 34 heavy (non-hydrogen) atoms. The zero-order valence-electron chi connectivity index (χ0n) is 19.4. The van der Waals surface area contributed by atoms with Gasteiger partial charge >= 0.3 is 11.9 Å². The molecule has 1 aromatic carbocycles. The molecule has 9 heteroatoms. The van der Waals surface area contributed by atoms with E-state index >= 15 is 0 Å². The van der Waals surface area contributed by atoms with Gasteiger partial charge in [-0.05, 0) is 30.9 Å². The first-order valence-electron chi connectivity index (χ1n) is 11.0. The monoisotopic (exact) mass is 495 g/mol. The highest BCUT2D eigenvalue weighted by atomic mass is 32.1. The number of rotatable bonds is 8. The van der Waals surface area contributed by atoms with E-state index in [1.807, 2.05) is 0 Å². The molecule has 0 aliphatic carbocycles. The van der Waals surface area contributed by atoms with E-state index in [1.165, 1.54) is 34.6 Å². The summed E-state index contributed by atoms with van der Waals surface area (Å²) in [5.41, 5.74) is 3.64. The molecule has 0 bridgehead atoms. The standard InChI is InChI=1S/C25H25N3O4S2/c1-5-31-24(29)18-12-34-23(20(18)25(30)32-6-2)28-21-19-17(11-33-22(19)27-13-26-21)16-9-7-15(8-10-16)14(3)4/h7-14H,5-6H2,1-4H3,(H,26,27,28). The fourth-order valence-electron chi connectivity index (χ4n) is 3.55. The Labute approximate surface area is 205 Å². The molecule has 0 saturated carbocycles. The number of nitrogens with zero attached hydrogens (tertiary/aromatic N) is 2. The molecule has 0 spiro atoms. The van der Waals surface area contributed by atoms with Crippen LogP contribution in [0.1, 0.15) is 59.9 Å². The second-order valence-electron chi connectivity index (χ2n) is 7.75. The van der Waals surface area contributed by atoms with Gasteiger partial charge in [0.2, 0.25) is 0 Å². The van der Waals surface area contributed by atoms with Gasteiger partial charge in [-0.15, -0.1) is 22.7 Å². The zero-order valence-corrected chi connectivity index (χ0v) is 21.0. The third-order valence-electron chi connectivity index (χ3n) is 5.26. The van der Waals surface area contributed by atoms with Gasteiger partial charge in [0.15, 0.2) is 0 Å². The SMILES string of the molecule is CCOC(=O)c1csc(Nc2ncnc3scc(-c4ccc(C(C)C)cc4)c23)c1C(=O)OCC. The van der Waals surface area contributed by atoms with E-state index in [0.717, 1.165) is 21.3 Å². The van der Waals surface area contributed by atoms with Gasteiger partial charge in [-0.2, -0.15) is 0 Å². The van der Waals surface area contributed by atoms with Crippen LogP contribution in [0.25, 0.3) is 21.3 Å². The predicted octanol–water partition coefficient (Wildman–Crippen LogP) is 6.64. The lowest BCUT2D eigenvalue weighted by Gasteiger charge is -2.11. The molecule has 0 saturated heterocycles. The van der Waals surface area contributed by atoms with Crippen molar-refractivity contribution < 1.29 is 19.1 Å². The average Bonchev–Trinajstić information content (AvgIpc) is 3.45. The van der Waals surface area contributed by atoms with Crippen LogP contribution in [0.4, 0.5) is 10.8 Å². The normalized spacial score (nSPS) is 11.1. The third-order valence-corrected chi connectivity index (χ3v) is 7.04. The van der Waals surface area contributed by atoms with Gasteiger partial charge in [-0.25, -0.2) is 19.6 Å². The maximum atomic E-state index is 12.7. The Kier molecular flexibility index (Phi) is 7.23. The van der Waals surface area contributed by atoms with Gasteiger partial charge in [-0.1, -0.05) is 38.1 Å². The van der Waals surface area contributed by atoms with Gasteiger partial charge in [0, 0.05) is 16.3 Å². The molecule has 0 fully saturated rings. The van der Waals surface area contributed by atoms with Crippen molar-refractivity contribution in [3.05, 3.63) is 58.0 Å². The van der Waals surface area contributed by atoms with E-state index in [2.05, 4.69) is 58.8 Å². The van der Waals surface area contributed by atoms with Crippen LogP contribution in [-0.2, 0) is 9.47 Å². The molecular formula is C25H25N3O4S2. The molecular weight excluding hydrogens is 470 g/mol. The van der Waals surface area contributed by atoms with Crippen LogP contribution in [0.3, 0.4) is 0 Å². The summed E-state index contributed by atoms with van der Waals surface area (Å²) in [4.78, 5) is 34.9. The van der Waals surface area contributed by atoms with Crippen LogP contribution < -0.4 is 5.32 Å².